The quantitative estimate of drug-likeness (QED) is 0.244. The van der Waals surface area contributed by atoms with E-state index >= 15 is 0 Å². The first-order valence-corrected chi connectivity index (χ1v) is 15.7. The number of ether oxygens (including phenoxy) is 2. The molecule has 44 heavy (non-hydrogen) atoms. The standard InChI is InChI=1S/C37H39N5O2/c1-2-6-30(7-3-1)28-34-35(18-11-29-9-14-32(15-10-29)40-20-24-43-25-21-40)39-42(36-8-4-5-19-38-36)37(34)31-12-16-33(17-13-31)41-22-26-44-27-23-41/h1-19,34,37H,20-28H2. The fraction of sp³-hybridized carbons (Fsp3) is 0.297. The number of allylic oxidation sites excluding steroid dienone is 1. The maximum Gasteiger partial charge on any atom is 0.149 e. The van der Waals surface area contributed by atoms with Crippen LogP contribution >= 0.6 is 0 Å². The van der Waals surface area contributed by atoms with Gasteiger partial charge in [-0.2, -0.15) is 5.10 Å². The summed E-state index contributed by atoms with van der Waals surface area (Å²) in [7, 11) is 0. The van der Waals surface area contributed by atoms with Crippen LogP contribution < -0.4 is 14.8 Å². The molecule has 0 N–H and O–H groups in total. The van der Waals surface area contributed by atoms with E-state index < -0.39 is 0 Å². The van der Waals surface area contributed by atoms with Crippen LogP contribution in [0.1, 0.15) is 22.7 Å². The predicted molar refractivity (Wildman–Crippen MR) is 179 cm³/mol. The summed E-state index contributed by atoms with van der Waals surface area (Å²) < 4.78 is 11.1. The molecular formula is C37H39N5O2. The Labute approximate surface area is 260 Å². The van der Waals surface area contributed by atoms with Crippen LogP contribution in [0.3, 0.4) is 0 Å². The van der Waals surface area contributed by atoms with E-state index in [2.05, 4.69) is 112 Å². The van der Waals surface area contributed by atoms with Crippen LogP contribution in [-0.2, 0) is 15.9 Å². The van der Waals surface area contributed by atoms with Crippen LogP contribution in [0.25, 0.3) is 6.08 Å². The van der Waals surface area contributed by atoms with Crippen LogP contribution in [0.5, 0.6) is 0 Å². The summed E-state index contributed by atoms with van der Waals surface area (Å²) in [5.41, 5.74) is 7.22. The Kier molecular flexibility index (Phi) is 8.66. The number of hydrazone groups is 1. The molecule has 3 aromatic carbocycles. The third kappa shape index (κ3) is 6.39. The van der Waals surface area contributed by atoms with Gasteiger partial charge in [-0.15, -0.1) is 0 Å². The smallest absolute Gasteiger partial charge is 0.149 e. The zero-order chi connectivity index (χ0) is 29.6. The van der Waals surface area contributed by atoms with Crippen molar-refractivity contribution in [3.8, 4) is 0 Å². The molecule has 7 rings (SSSR count). The van der Waals surface area contributed by atoms with E-state index in [1.807, 2.05) is 18.3 Å². The molecule has 0 amide bonds. The Bertz CT molecular complexity index is 1550. The summed E-state index contributed by atoms with van der Waals surface area (Å²) in [4.78, 5) is 9.52. The van der Waals surface area contributed by atoms with Gasteiger partial charge in [0.2, 0.25) is 0 Å². The Morgan fingerprint density at radius 3 is 1.89 bits per heavy atom. The van der Waals surface area contributed by atoms with Gasteiger partial charge in [0.05, 0.1) is 38.2 Å². The first-order chi connectivity index (χ1) is 21.8. The fourth-order valence-corrected chi connectivity index (χ4v) is 6.39. The van der Waals surface area contributed by atoms with Gasteiger partial charge in [-0.05, 0) is 65.6 Å². The third-order valence-corrected chi connectivity index (χ3v) is 8.76. The van der Waals surface area contributed by atoms with Crippen molar-refractivity contribution in [1.29, 1.82) is 0 Å². The summed E-state index contributed by atoms with van der Waals surface area (Å²) in [6.07, 6.45) is 7.12. The topological polar surface area (TPSA) is 53.4 Å². The minimum absolute atomic E-state index is 0.00666. The highest BCUT2D eigenvalue weighted by atomic mass is 16.5. The van der Waals surface area contributed by atoms with Crippen molar-refractivity contribution >= 4 is 29.0 Å². The first kappa shape index (κ1) is 28.3. The van der Waals surface area contributed by atoms with Crippen molar-refractivity contribution in [1.82, 2.24) is 4.98 Å². The number of rotatable bonds is 8. The molecule has 0 aliphatic carbocycles. The lowest BCUT2D eigenvalue weighted by atomic mass is 9.84. The number of anilines is 3. The van der Waals surface area contributed by atoms with E-state index in [1.54, 1.807) is 0 Å². The summed E-state index contributed by atoms with van der Waals surface area (Å²) in [6, 6.07) is 34.7. The molecule has 4 aromatic rings. The molecular weight excluding hydrogens is 546 g/mol. The molecule has 3 aliphatic heterocycles. The lowest BCUT2D eigenvalue weighted by molar-refractivity contribution is 0.122. The maximum absolute atomic E-state index is 5.58. The SMILES string of the molecule is C(=Cc1ccc(N2CCOCC2)cc1)C1=NN(c2ccccn2)C(c2ccc(N3CCOCC3)cc2)C1Cc1ccccc1. The molecule has 2 fully saturated rings. The molecule has 7 nitrogen and oxygen atoms in total. The van der Waals surface area contributed by atoms with Crippen LogP contribution in [0, 0.1) is 5.92 Å². The Hall–Kier alpha value is -4.46. The average molecular weight is 586 g/mol. The van der Waals surface area contributed by atoms with Crippen LogP contribution in [0.15, 0.2) is 114 Å². The molecule has 2 atom stereocenters. The zero-order valence-corrected chi connectivity index (χ0v) is 25.0. The van der Waals surface area contributed by atoms with Crippen molar-refractivity contribution in [3.63, 3.8) is 0 Å². The molecule has 2 unspecified atom stereocenters. The lowest BCUT2D eigenvalue weighted by Gasteiger charge is -2.30. The normalized spacial score (nSPS) is 20.7. The average Bonchev–Trinajstić information content (AvgIpc) is 3.47. The second-order valence-electron chi connectivity index (χ2n) is 11.5. The van der Waals surface area contributed by atoms with Crippen molar-refractivity contribution in [2.45, 2.75) is 12.5 Å². The van der Waals surface area contributed by atoms with E-state index in [9.17, 15) is 0 Å². The summed E-state index contributed by atoms with van der Waals surface area (Å²) in [5, 5.41) is 7.39. The molecule has 0 bridgehead atoms. The predicted octanol–water partition coefficient (Wildman–Crippen LogP) is 6.24. The van der Waals surface area contributed by atoms with Gasteiger partial charge in [-0.25, -0.2) is 9.99 Å². The van der Waals surface area contributed by atoms with Crippen LogP contribution in [0.4, 0.5) is 17.2 Å². The van der Waals surface area contributed by atoms with E-state index in [1.165, 1.54) is 22.5 Å². The van der Waals surface area contributed by atoms with Gasteiger partial charge < -0.3 is 19.3 Å². The summed E-state index contributed by atoms with van der Waals surface area (Å²) >= 11 is 0. The van der Waals surface area contributed by atoms with E-state index in [0.29, 0.717) is 0 Å². The molecule has 0 radical (unpaired) electrons. The third-order valence-electron chi connectivity index (χ3n) is 8.76. The minimum atomic E-state index is 0.00666. The van der Waals surface area contributed by atoms with Gasteiger partial charge >= 0.3 is 0 Å². The van der Waals surface area contributed by atoms with Gasteiger partial charge in [0, 0.05) is 49.7 Å². The van der Waals surface area contributed by atoms with Crippen molar-refractivity contribution in [2.75, 3.05) is 67.4 Å². The molecule has 2 saturated heterocycles. The second kappa shape index (κ2) is 13.5. The van der Waals surface area contributed by atoms with Gasteiger partial charge in [-0.1, -0.05) is 66.7 Å². The fourth-order valence-electron chi connectivity index (χ4n) is 6.39. The Morgan fingerprint density at radius 1 is 0.659 bits per heavy atom. The molecule has 1 aromatic heterocycles. The number of aromatic nitrogens is 1. The number of morpholine rings is 2. The van der Waals surface area contributed by atoms with Crippen molar-refractivity contribution in [3.05, 3.63) is 126 Å². The molecule has 7 heteroatoms. The Balaban J connectivity index is 1.21. The molecule has 0 spiro atoms. The van der Waals surface area contributed by atoms with Crippen molar-refractivity contribution in [2.24, 2.45) is 11.0 Å². The lowest BCUT2D eigenvalue weighted by Crippen LogP contribution is -2.36. The number of hydrogen-bond acceptors (Lipinski definition) is 7. The monoisotopic (exact) mass is 585 g/mol. The number of benzene rings is 3. The Morgan fingerprint density at radius 2 is 1.27 bits per heavy atom. The summed E-state index contributed by atoms with van der Waals surface area (Å²) in [5.74, 6) is 0.989. The first-order valence-electron chi connectivity index (χ1n) is 15.7. The van der Waals surface area contributed by atoms with E-state index in [4.69, 9.17) is 19.6 Å². The molecule has 3 aliphatic rings. The second-order valence-corrected chi connectivity index (χ2v) is 11.5. The molecule has 0 saturated carbocycles. The van der Waals surface area contributed by atoms with Crippen molar-refractivity contribution < 1.29 is 9.47 Å². The number of nitrogens with zero attached hydrogens (tertiary/aromatic N) is 5. The van der Waals surface area contributed by atoms with Gasteiger partial charge in [0.15, 0.2) is 0 Å². The zero-order valence-electron chi connectivity index (χ0n) is 25.0. The minimum Gasteiger partial charge on any atom is -0.378 e. The molecule has 224 valence electrons. The highest BCUT2D eigenvalue weighted by molar-refractivity contribution is 6.03. The van der Waals surface area contributed by atoms with Gasteiger partial charge in [0.25, 0.3) is 0 Å². The maximum atomic E-state index is 5.58. The summed E-state index contributed by atoms with van der Waals surface area (Å²) in [6.45, 7) is 6.84. The van der Waals surface area contributed by atoms with E-state index in [-0.39, 0.29) is 12.0 Å². The number of hydrogen-bond donors (Lipinski definition) is 0. The molecule has 4 heterocycles. The largest absolute Gasteiger partial charge is 0.378 e. The van der Waals surface area contributed by atoms with E-state index in [0.717, 1.165) is 76.1 Å². The van der Waals surface area contributed by atoms with Crippen LogP contribution in [-0.4, -0.2) is 63.3 Å². The highest BCUT2D eigenvalue weighted by Crippen LogP contribution is 2.41. The number of pyridine rings is 1. The van der Waals surface area contributed by atoms with Gasteiger partial charge in [0.1, 0.15) is 5.82 Å². The van der Waals surface area contributed by atoms with Gasteiger partial charge in [-0.3, -0.25) is 0 Å². The van der Waals surface area contributed by atoms with Crippen LogP contribution in [0.2, 0.25) is 0 Å². The highest BCUT2D eigenvalue weighted by Gasteiger charge is 2.38.